The summed E-state index contributed by atoms with van der Waals surface area (Å²) >= 11 is 6.14. The summed E-state index contributed by atoms with van der Waals surface area (Å²) < 4.78 is 11.6. The van der Waals surface area contributed by atoms with Crippen molar-refractivity contribution >= 4 is 17.3 Å². The van der Waals surface area contributed by atoms with Crippen LogP contribution in [0.2, 0.25) is 5.02 Å². The first kappa shape index (κ1) is 12.1. The summed E-state index contributed by atoms with van der Waals surface area (Å²) in [4.78, 5) is 0. The lowest BCUT2D eigenvalue weighted by molar-refractivity contribution is -0.207. The molecule has 2 saturated carbocycles. The van der Waals surface area contributed by atoms with Crippen LogP contribution in [0.4, 0.5) is 5.69 Å². The van der Waals surface area contributed by atoms with E-state index >= 15 is 0 Å². The quantitative estimate of drug-likeness (QED) is 0.855. The molecule has 0 aliphatic heterocycles. The molecular formula is C14H18ClNO2. The first-order valence-electron chi connectivity index (χ1n) is 6.40. The van der Waals surface area contributed by atoms with Gasteiger partial charge in [-0.25, -0.2) is 0 Å². The first-order chi connectivity index (χ1) is 8.65. The Morgan fingerprint density at radius 2 is 2.11 bits per heavy atom. The molecule has 2 aliphatic carbocycles. The molecule has 2 aliphatic rings. The van der Waals surface area contributed by atoms with Crippen molar-refractivity contribution in [2.75, 3.05) is 12.8 Å². The van der Waals surface area contributed by atoms with Gasteiger partial charge in [0.05, 0.1) is 11.1 Å². The fourth-order valence-corrected chi connectivity index (χ4v) is 3.44. The molecule has 4 heteroatoms. The Balaban J connectivity index is 1.74. The predicted molar refractivity (Wildman–Crippen MR) is 72.0 cm³/mol. The predicted octanol–water partition coefficient (Wildman–Crippen LogP) is 3.26. The number of nitrogen functional groups attached to an aromatic ring is 1. The average Bonchev–Trinajstić information content (AvgIpc) is 2.23. The number of methoxy groups -OCH3 is 1. The van der Waals surface area contributed by atoms with E-state index in [0.717, 1.165) is 12.2 Å². The summed E-state index contributed by atoms with van der Waals surface area (Å²) in [5, 5.41) is 0.588. The molecule has 2 unspecified atom stereocenters. The van der Waals surface area contributed by atoms with E-state index in [4.69, 9.17) is 26.8 Å². The summed E-state index contributed by atoms with van der Waals surface area (Å²) in [5.41, 5.74) is 6.58. The molecule has 1 spiro atoms. The second-order valence-electron chi connectivity index (χ2n) is 5.34. The van der Waals surface area contributed by atoms with Crippen molar-refractivity contribution in [2.24, 2.45) is 5.41 Å². The van der Waals surface area contributed by atoms with E-state index in [1.807, 2.05) is 12.1 Å². The highest BCUT2D eigenvalue weighted by Gasteiger charge is 2.60. The van der Waals surface area contributed by atoms with Gasteiger partial charge in [-0.15, -0.1) is 0 Å². The van der Waals surface area contributed by atoms with E-state index in [1.54, 1.807) is 13.2 Å². The van der Waals surface area contributed by atoms with Crippen LogP contribution >= 0.6 is 11.6 Å². The molecule has 0 heterocycles. The zero-order valence-electron chi connectivity index (χ0n) is 10.5. The molecule has 3 rings (SSSR count). The van der Waals surface area contributed by atoms with E-state index in [0.29, 0.717) is 16.8 Å². The summed E-state index contributed by atoms with van der Waals surface area (Å²) in [6, 6.07) is 5.40. The van der Waals surface area contributed by atoms with Gasteiger partial charge in [0.1, 0.15) is 11.9 Å². The number of hydrogen-bond acceptors (Lipinski definition) is 3. The third kappa shape index (κ3) is 1.69. The van der Waals surface area contributed by atoms with Gasteiger partial charge in [0, 0.05) is 24.6 Å². The van der Waals surface area contributed by atoms with E-state index in [1.165, 1.54) is 19.3 Å². The second kappa shape index (κ2) is 4.32. The number of halogens is 1. The largest absolute Gasteiger partial charge is 0.488 e. The van der Waals surface area contributed by atoms with Crippen LogP contribution in [0.3, 0.4) is 0 Å². The van der Waals surface area contributed by atoms with Gasteiger partial charge in [-0.05, 0) is 31.0 Å². The van der Waals surface area contributed by atoms with Crippen LogP contribution in [0.25, 0.3) is 0 Å². The smallest absolute Gasteiger partial charge is 0.138 e. The lowest BCUT2D eigenvalue weighted by Crippen LogP contribution is -2.63. The molecule has 98 valence electrons. The molecule has 0 aromatic heterocycles. The zero-order valence-corrected chi connectivity index (χ0v) is 11.2. The standard InChI is InChI=1S/C14H18ClNO2/c1-17-12-8-13(14(12)5-2-6-14)18-11-4-3-9(16)7-10(11)15/h3-4,7,12-13H,2,5-6,8,16H2,1H3. The fourth-order valence-electron chi connectivity index (χ4n) is 3.20. The van der Waals surface area contributed by atoms with E-state index in [-0.39, 0.29) is 11.5 Å². The summed E-state index contributed by atoms with van der Waals surface area (Å²) in [5.74, 6) is 0.733. The monoisotopic (exact) mass is 267 g/mol. The Kier molecular flexibility index (Phi) is 2.91. The van der Waals surface area contributed by atoms with Gasteiger partial charge in [-0.2, -0.15) is 0 Å². The van der Waals surface area contributed by atoms with Gasteiger partial charge < -0.3 is 15.2 Å². The summed E-state index contributed by atoms with van der Waals surface area (Å²) in [7, 11) is 1.79. The number of ether oxygens (including phenoxy) is 2. The third-order valence-electron chi connectivity index (χ3n) is 4.50. The second-order valence-corrected chi connectivity index (χ2v) is 5.75. The van der Waals surface area contributed by atoms with Gasteiger partial charge in [-0.1, -0.05) is 18.0 Å². The Bertz CT molecular complexity index is 459. The summed E-state index contributed by atoms with van der Waals surface area (Å²) in [6.07, 6.45) is 5.21. The van der Waals surface area contributed by atoms with Gasteiger partial charge in [0.15, 0.2) is 0 Å². The van der Waals surface area contributed by atoms with Crippen molar-refractivity contribution in [2.45, 2.75) is 37.9 Å². The molecule has 2 N–H and O–H groups in total. The van der Waals surface area contributed by atoms with Crippen molar-refractivity contribution in [3.05, 3.63) is 23.2 Å². The van der Waals surface area contributed by atoms with Gasteiger partial charge >= 0.3 is 0 Å². The average molecular weight is 268 g/mol. The van der Waals surface area contributed by atoms with Crippen molar-refractivity contribution in [3.63, 3.8) is 0 Å². The van der Waals surface area contributed by atoms with Crippen LogP contribution in [0.15, 0.2) is 18.2 Å². The van der Waals surface area contributed by atoms with Crippen molar-refractivity contribution < 1.29 is 9.47 Å². The topological polar surface area (TPSA) is 44.5 Å². The maximum absolute atomic E-state index is 6.14. The van der Waals surface area contributed by atoms with Crippen molar-refractivity contribution in [1.82, 2.24) is 0 Å². The molecule has 0 bridgehead atoms. The Morgan fingerprint density at radius 3 is 2.67 bits per heavy atom. The van der Waals surface area contributed by atoms with E-state index in [2.05, 4.69) is 0 Å². The lowest BCUT2D eigenvalue weighted by atomic mass is 9.52. The van der Waals surface area contributed by atoms with Crippen LogP contribution in [0, 0.1) is 5.41 Å². The molecule has 1 aromatic carbocycles. The lowest BCUT2D eigenvalue weighted by Gasteiger charge is -2.59. The zero-order chi connectivity index (χ0) is 12.8. The number of rotatable bonds is 3. The van der Waals surface area contributed by atoms with Crippen LogP contribution in [-0.4, -0.2) is 19.3 Å². The number of nitrogens with two attached hydrogens (primary N) is 1. The van der Waals surface area contributed by atoms with Gasteiger partial charge in [0.2, 0.25) is 0 Å². The van der Waals surface area contributed by atoms with E-state index < -0.39 is 0 Å². The highest BCUT2D eigenvalue weighted by molar-refractivity contribution is 6.32. The summed E-state index contributed by atoms with van der Waals surface area (Å²) in [6.45, 7) is 0. The number of anilines is 1. The molecule has 0 saturated heterocycles. The molecule has 0 amide bonds. The molecule has 2 fully saturated rings. The Morgan fingerprint density at radius 1 is 1.33 bits per heavy atom. The SMILES string of the molecule is COC1CC(Oc2ccc(N)cc2Cl)C12CCC2. The highest BCUT2D eigenvalue weighted by atomic mass is 35.5. The Labute approximate surface area is 112 Å². The minimum absolute atomic E-state index is 0.234. The molecular weight excluding hydrogens is 250 g/mol. The van der Waals surface area contributed by atoms with Crippen molar-refractivity contribution in [1.29, 1.82) is 0 Å². The van der Waals surface area contributed by atoms with Gasteiger partial charge in [-0.3, -0.25) is 0 Å². The van der Waals surface area contributed by atoms with Crippen LogP contribution < -0.4 is 10.5 Å². The normalized spacial score (nSPS) is 28.6. The van der Waals surface area contributed by atoms with Crippen molar-refractivity contribution in [3.8, 4) is 5.75 Å². The first-order valence-corrected chi connectivity index (χ1v) is 6.78. The fraction of sp³-hybridized carbons (Fsp3) is 0.571. The molecule has 3 nitrogen and oxygen atoms in total. The molecule has 18 heavy (non-hydrogen) atoms. The Hall–Kier alpha value is -0.930. The number of benzene rings is 1. The maximum Gasteiger partial charge on any atom is 0.138 e. The third-order valence-corrected chi connectivity index (χ3v) is 4.80. The van der Waals surface area contributed by atoms with Crippen LogP contribution in [0.1, 0.15) is 25.7 Å². The minimum Gasteiger partial charge on any atom is -0.488 e. The van der Waals surface area contributed by atoms with Gasteiger partial charge in [0.25, 0.3) is 0 Å². The minimum atomic E-state index is 0.234. The maximum atomic E-state index is 6.14. The van der Waals surface area contributed by atoms with Crippen LogP contribution in [0.5, 0.6) is 5.75 Å². The number of hydrogen-bond donors (Lipinski definition) is 1. The van der Waals surface area contributed by atoms with Crippen LogP contribution in [-0.2, 0) is 4.74 Å². The molecule has 2 atom stereocenters. The molecule has 0 radical (unpaired) electrons. The van der Waals surface area contributed by atoms with E-state index in [9.17, 15) is 0 Å². The molecule has 1 aromatic rings. The highest BCUT2D eigenvalue weighted by Crippen LogP contribution is 2.58.